The number of aliphatic hydroxyl groups excluding tert-OH is 1. The van der Waals surface area contributed by atoms with E-state index in [1.54, 1.807) is 18.3 Å². The van der Waals surface area contributed by atoms with Crippen LogP contribution >= 0.6 is 0 Å². The monoisotopic (exact) mass is 687 g/mol. The van der Waals surface area contributed by atoms with Crippen molar-refractivity contribution in [2.45, 2.75) is 82.3 Å². The molecule has 50 heavy (non-hydrogen) atoms. The number of carbonyl (C=O) groups excluding carboxylic acids is 5. The molecule has 3 fully saturated rings. The average molecular weight is 688 g/mol. The Morgan fingerprint density at radius 1 is 1.02 bits per heavy atom. The zero-order valence-corrected chi connectivity index (χ0v) is 28.3. The lowest BCUT2D eigenvalue weighted by Gasteiger charge is -2.38. The molecule has 2 bridgehead atoms. The van der Waals surface area contributed by atoms with Crippen LogP contribution in [0.25, 0.3) is 10.9 Å². The van der Waals surface area contributed by atoms with E-state index in [0.717, 1.165) is 16.5 Å². The Labute approximate surface area is 290 Å². The van der Waals surface area contributed by atoms with Gasteiger partial charge >= 0.3 is 0 Å². The van der Waals surface area contributed by atoms with Crippen molar-refractivity contribution in [2.75, 3.05) is 26.2 Å². The highest BCUT2D eigenvalue weighted by atomic mass is 16.5. The van der Waals surface area contributed by atoms with Gasteiger partial charge in [0.1, 0.15) is 30.3 Å². The van der Waals surface area contributed by atoms with Crippen LogP contribution in [0.2, 0.25) is 0 Å². The van der Waals surface area contributed by atoms with Crippen molar-refractivity contribution in [3.05, 3.63) is 66.1 Å². The van der Waals surface area contributed by atoms with E-state index in [-0.39, 0.29) is 31.1 Å². The number of carbonyl (C=O) groups is 5. The molecule has 14 heteroatoms. The van der Waals surface area contributed by atoms with E-state index < -0.39 is 72.5 Å². The number of H-pyrrole nitrogens is 1. The van der Waals surface area contributed by atoms with Crippen LogP contribution in [-0.4, -0.2) is 117 Å². The van der Waals surface area contributed by atoms with Crippen molar-refractivity contribution in [1.29, 1.82) is 0 Å². The molecule has 0 spiro atoms. The quantitative estimate of drug-likeness (QED) is 0.262. The molecular weight excluding hydrogens is 642 g/mol. The number of para-hydroxylation sites is 1. The lowest BCUT2D eigenvalue weighted by molar-refractivity contribution is -0.142. The summed E-state index contributed by atoms with van der Waals surface area (Å²) in [7, 11) is 0. The molecular formula is C36H45N7O7. The molecule has 1 aromatic carbocycles. The van der Waals surface area contributed by atoms with Gasteiger partial charge in [0, 0.05) is 49.1 Å². The summed E-state index contributed by atoms with van der Waals surface area (Å²) in [4.78, 5) is 79.6. The molecule has 5 amide bonds. The van der Waals surface area contributed by atoms with E-state index in [0.29, 0.717) is 32.2 Å². The van der Waals surface area contributed by atoms with E-state index in [4.69, 9.17) is 4.74 Å². The fourth-order valence-electron chi connectivity index (χ4n) is 7.19. The van der Waals surface area contributed by atoms with Crippen molar-refractivity contribution in [1.82, 2.24) is 35.7 Å². The smallest absolute Gasteiger partial charge is 0.255 e. The lowest BCUT2D eigenvalue weighted by Crippen LogP contribution is -2.60. The first-order valence-corrected chi connectivity index (χ1v) is 17.3. The zero-order chi connectivity index (χ0) is 35.4. The van der Waals surface area contributed by atoms with Crippen LogP contribution in [-0.2, 0) is 30.3 Å². The first-order chi connectivity index (χ1) is 24.1. The first-order valence-electron chi connectivity index (χ1n) is 17.3. The molecule has 14 nitrogen and oxygen atoms in total. The maximum Gasteiger partial charge on any atom is 0.255 e. The predicted octanol–water partition coefficient (Wildman–Crippen LogP) is 0.903. The Morgan fingerprint density at radius 2 is 1.84 bits per heavy atom. The Balaban J connectivity index is 1.37. The molecule has 0 aliphatic carbocycles. The van der Waals surface area contributed by atoms with E-state index in [1.807, 2.05) is 38.1 Å². The van der Waals surface area contributed by atoms with Crippen LogP contribution in [0, 0.1) is 5.92 Å². The molecule has 5 N–H and O–H groups in total. The van der Waals surface area contributed by atoms with Gasteiger partial charge in [-0.1, -0.05) is 32.0 Å². The van der Waals surface area contributed by atoms with Gasteiger partial charge in [-0.05, 0) is 55.4 Å². The highest BCUT2D eigenvalue weighted by molar-refractivity contribution is 5.98. The Bertz CT molecular complexity index is 1710. The van der Waals surface area contributed by atoms with E-state index >= 15 is 0 Å². The first kappa shape index (κ1) is 35.0. The fourth-order valence-corrected chi connectivity index (χ4v) is 7.19. The van der Waals surface area contributed by atoms with Crippen molar-refractivity contribution >= 4 is 40.4 Å². The third-order valence-electron chi connectivity index (χ3n) is 9.72. The second-order valence-corrected chi connectivity index (χ2v) is 13.8. The number of aromatic nitrogens is 2. The van der Waals surface area contributed by atoms with Crippen LogP contribution in [0.3, 0.4) is 0 Å². The number of fused-ring (bicyclic) bond motifs is 4. The number of amides is 5. The number of pyridine rings is 1. The maximum atomic E-state index is 14.4. The molecule has 0 radical (unpaired) electrons. The summed E-state index contributed by atoms with van der Waals surface area (Å²) in [6.45, 7) is 3.76. The summed E-state index contributed by atoms with van der Waals surface area (Å²) >= 11 is 0. The molecule has 0 unspecified atom stereocenters. The summed E-state index contributed by atoms with van der Waals surface area (Å²) in [5.74, 6) is -2.39. The van der Waals surface area contributed by atoms with Gasteiger partial charge in [0.2, 0.25) is 23.6 Å². The van der Waals surface area contributed by atoms with Gasteiger partial charge in [0.25, 0.3) is 5.91 Å². The number of rotatable bonds is 5. The van der Waals surface area contributed by atoms with Crippen molar-refractivity contribution in [3.63, 3.8) is 0 Å². The number of hydrogen-bond donors (Lipinski definition) is 5. The number of aromatic amines is 1. The third kappa shape index (κ3) is 7.81. The summed E-state index contributed by atoms with van der Waals surface area (Å²) in [5, 5.41) is 21.0. The average Bonchev–Trinajstić information content (AvgIpc) is 3.76. The van der Waals surface area contributed by atoms with Crippen LogP contribution in [0.5, 0.6) is 0 Å². The van der Waals surface area contributed by atoms with Crippen LogP contribution in [0.1, 0.15) is 55.5 Å². The SMILES string of the molecule is CC(C)C[C@H]1NC(=O)[C@H]2CCCN2C(=O)[C@@H](Cc2c[nH]c3ccccc23)NC(=O)CN(C(=O)c2cccnc2)C[C@H]2OCC[C@H](NC1=O)[C@@H]2O. The second kappa shape index (κ2) is 15.4. The van der Waals surface area contributed by atoms with Gasteiger partial charge < -0.3 is 40.6 Å². The third-order valence-corrected chi connectivity index (χ3v) is 9.72. The summed E-state index contributed by atoms with van der Waals surface area (Å²) in [6.07, 6.45) is 4.30. The van der Waals surface area contributed by atoms with Crippen LogP contribution < -0.4 is 16.0 Å². The van der Waals surface area contributed by atoms with Crippen LogP contribution in [0.4, 0.5) is 0 Å². The molecule has 3 aromatic rings. The molecule has 3 saturated heterocycles. The predicted molar refractivity (Wildman–Crippen MR) is 182 cm³/mol. The second-order valence-electron chi connectivity index (χ2n) is 13.8. The van der Waals surface area contributed by atoms with Crippen molar-refractivity contribution < 1.29 is 33.8 Å². The number of ether oxygens (including phenoxy) is 1. The molecule has 0 saturated carbocycles. The largest absolute Gasteiger partial charge is 0.388 e. The van der Waals surface area contributed by atoms with E-state index in [2.05, 4.69) is 25.9 Å². The standard InChI is InChI=1S/C36H45N7O7/c1-21(2)15-27-33(46)40-26-11-14-50-30(32(26)45)19-42(35(48)22-7-5-12-37-17-22)20-31(44)39-28(16-23-18-38-25-9-4-3-8-24(23)25)36(49)43-13-6-10-29(43)34(47)41-27/h3-5,7-9,12,17-18,21,26-30,32,38,45H,6,10-11,13-16,19-20H2,1-2H3,(H,39,44)(H,40,46)(H,41,47)/t26-,27+,28+,29+,30+,32-/m0/s1. The Morgan fingerprint density at radius 3 is 2.62 bits per heavy atom. The normalized spacial score (nSPS) is 27.0. The van der Waals surface area contributed by atoms with Crippen molar-refractivity contribution in [2.24, 2.45) is 5.92 Å². The van der Waals surface area contributed by atoms with Crippen molar-refractivity contribution in [3.8, 4) is 0 Å². The molecule has 5 heterocycles. The lowest BCUT2D eigenvalue weighted by atomic mass is 9.97. The minimum Gasteiger partial charge on any atom is -0.388 e. The Hall–Kier alpha value is -4.82. The van der Waals surface area contributed by atoms with Gasteiger partial charge in [-0.3, -0.25) is 29.0 Å². The highest BCUT2D eigenvalue weighted by Gasteiger charge is 2.41. The number of nitrogens with zero attached hydrogens (tertiary/aromatic N) is 3. The molecule has 3 aliphatic rings. The van der Waals surface area contributed by atoms with Gasteiger partial charge in [-0.15, -0.1) is 0 Å². The van der Waals surface area contributed by atoms with Gasteiger partial charge in [-0.25, -0.2) is 0 Å². The maximum absolute atomic E-state index is 14.4. The summed E-state index contributed by atoms with van der Waals surface area (Å²) in [6, 6.07) is 7.26. The highest BCUT2D eigenvalue weighted by Crippen LogP contribution is 2.24. The molecule has 2 aromatic heterocycles. The topological polar surface area (TPSA) is 186 Å². The number of hydrogen-bond acceptors (Lipinski definition) is 8. The van der Waals surface area contributed by atoms with Crippen LogP contribution in [0.15, 0.2) is 55.0 Å². The molecule has 3 aliphatic heterocycles. The zero-order valence-electron chi connectivity index (χ0n) is 28.3. The summed E-state index contributed by atoms with van der Waals surface area (Å²) in [5.41, 5.74) is 1.90. The number of aliphatic hydroxyl groups is 1. The van der Waals surface area contributed by atoms with Gasteiger partial charge in [0.05, 0.1) is 24.7 Å². The fraction of sp³-hybridized carbons (Fsp3) is 0.500. The minimum absolute atomic E-state index is 0.0524. The van der Waals surface area contributed by atoms with Gasteiger partial charge in [-0.2, -0.15) is 0 Å². The molecule has 266 valence electrons. The van der Waals surface area contributed by atoms with Gasteiger partial charge in [0.15, 0.2) is 0 Å². The summed E-state index contributed by atoms with van der Waals surface area (Å²) < 4.78 is 5.90. The Kier molecular flexibility index (Phi) is 10.8. The van der Waals surface area contributed by atoms with E-state index in [1.165, 1.54) is 22.2 Å². The minimum atomic E-state index is -1.22. The van der Waals surface area contributed by atoms with E-state index in [9.17, 15) is 29.1 Å². The number of benzene rings is 1. The molecule has 6 rings (SSSR count). The number of nitrogens with one attached hydrogen (secondary N) is 4. The molecule has 6 atom stereocenters.